The van der Waals surface area contributed by atoms with E-state index in [9.17, 15) is 33.9 Å². The van der Waals surface area contributed by atoms with Gasteiger partial charge in [0.15, 0.2) is 0 Å². The molecule has 10 N–H and O–H groups in total. The number of nitrogens with two attached hydrogens (primary N) is 3. The Balaban J connectivity index is 2.98. The molecule has 204 valence electrons. The molecule has 0 saturated heterocycles. The third-order valence-electron chi connectivity index (χ3n) is 5.21. The molecule has 0 fully saturated rings. The molecule has 0 radical (unpaired) electrons. The smallest absolute Gasteiger partial charge is 0.326 e. The Kier molecular flexibility index (Phi) is 13.7. The minimum atomic E-state index is -1.52. The van der Waals surface area contributed by atoms with Crippen LogP contribution < -0.4 is 33.2 Å². The number of carboxylic acid groups (broad SMARTS) is 1. The van der Waals surface area contributed by atoms with Crippen molar-refractivity contribution in [1.29, 1.82) is 0 Å². The number of rotatable bonds is 17. The summed E-state index contributed by atoms with van der Waals surface area (Å²) in [5, 5.41) is 16.4. The number of carbonyl (C=O) groups excluding carboxylic acids is 5. The van der Waals surface area contributed by atoms with Gasteiger partial charge in [-0.25, -0.2) is 4.79 Å². The summed E-state index contributed by atoms with van der Waals surface area (Å²) in [5.41, 5.74) is 17.2. The number of thioether (sulfide) groups is 1. The molecule has 0 aromatic heterocycles. The molecule has 13 nitrogen and oxygen atoms in total. The van der Waals surface area contributed by atoms with Crippen molar-refractivity contribution in [3.05, 3.63) is 35.9 Å². The normalized spacial score (nSPS) is 13.9. The quantitative estimate of drug-likeness (QED) is 0.116. The highest BCUT2D eigenvalue weighted by Crippen LogP contribution is 2.06. The summed E-state index contributed by atoms with van der Waals surface area (Å²) in [6.07, 6.45) is 0.946. The van der Waals surface area contributed by atoms with Crippen molar-refractivity contribution in [3.63, 3.8) is 0 Å². The summed E-state index contributed by atoms with van der Waals surface area (Å²) in [7, 11) is 0. The highest BCUT2D eigenvalue weighted by atomic mass is 32.2. The molecule has 4 atom stereocenters. The predicted molar refractivity (Wildman–Crippen MR) is 137 cm³/mol. The van der Waals surface area contributed by atoms with E-state index >= 15 is 0 Å². The summed E-state index contributed by atoms with van der Waals surface area (Å²) < 4.78 is 0. The zero-order valence-corrected chi connectivity index (χ0v) is 21.3. The fourth-order valence-corrected chi connectivity index (χ4v) is 3.71. The number of hydrogen-bond acceptors (Lipinski definition) is 8. The Morgan fingerprint density at radius 1 is 0.838 bits per heavy atom. The summed E-state index contributed by atoms with van der Waals surface area (Å²) in [6, 6.07) is 3.80. The van der Waals surface area contributed by atoms with E-state index in [-0.39, 0.29) is 25.7 Å². The summed E-state index contributed by atoms with van der Waals surface area (Å²) >= 11 is 1.38. The number of benzene rings is 1. The van der Waals surface area contributed by atoms with Crippen molar-refractivity contribution in [2.24, 2.45) is 17.2 Å². The maximum absolute atomic E-state index is 13.0. The van der Waals surface area contributed by atoms with Crippen LogP contribution in [0, 0.1) is 0 Å². The van der Waals surface area contributed by atoms with Gasteiger partial charge in [-0.15, -0.1) is 0 Å². The van der Waals surface area contributed by atoms with Gasteiger partial charge in [0.05, 0.1) is 12.5 Å². The van der Waals surface area contributed by atoms with E-state index in [2.05, 4.69) is 16.0 Å². The largest absolute Gasteiger partial charge is 0.480 e. The van der Waals surface area contributed by atoms with E-state index in [0.717, 1.165) is 5.56 Å². The van der Waals surface area contributed by atoms with Crippen LogP contribution in [-0.2, 0) is 35.2 Å². The third kappa shape index (κ3) is 12.2. The molecular weight excluding hydrogens is 504 g/mol. The Bertz CT molecular complexity index is 962. The highest BCUT2D eigenvalue weighted by Gasteiger charge is 2.31. The highest BCUT2D eigenvalue weighted by molar-refractivity contribution is 7.98. The lowest BCUT2D eigenvalue weighted by Crippen LogP contribution is -2.58. The second kappa shape index (κ2) is 16.2. The molecule has 1 rings (SSSR count). The lowest BCUT2D eigenvalue weighted by molar-refractivity contribution is -0.142. The van der Waals surface area contributed by atoms with E-state index in [1.165, 1.54) is 11.8 Å². The predicted octanol–water partition coefficient (Wildman–Crippen LogP) is -2.01. The molecule has 14 heteroatoms. The first kappa shape index (κ1) is 31.4. The topological polar surface area (TPSA) is 237 Å². The molecule has 1 aromatic carbocycles. The Hall–Kier alpha value is -3.65. The lowest BCUT2D eigenvalue weighted by atomic mass is 10.0. The van der Waals surface area contributed by atoms with E-state index in [1.807, 2.05) is 0 Å². The first-order chi connectivity index (χ1) is 17.4. The molecule has 0 spiro atoms. The van der Waals surface area contributed by atoms with E-state index in [4.69, 9.17) is 17.2 Å². The van der Waals surface area contributed by atoms with Gasteiger partial charge in [0.2, 0.25) is 29.5 Å². The maximum Gasteiger partial charge on any atom is 0.326 e. The van der Waals surface area contributed by atoms with Gasteiger partial charge in [-0.3, -0.25) is 24.0 Å². The number of hydrogen-bond donors (Lipinski definition) is 7. The minimum Gasteiger partial charge on any atom is -0.480 e. The molecule has 1 aromatic rings. The molecule has 5 amide bonds. The number of carboxylic acids is 1. The maximum atomic E-state index is 13.0. The molecule has 0 aliphatic carbocycles. The van der Waals surface area contributed by atoms with Gasteiger partial charge >= 0.3 is 5.97 Å². The Morgan fingerprint density at radius 3 is 1.95 bits per heavy atom. The fraction of sp³-hybridized carbons (Fsp3) is 0.478. The fourth-order valence-electron chi connectivity index (χ4n) is 3.24. The molecule has 4 unspecified atom stereocenters. The van der Waals surface area contributed by atoms with Gasteiger partial charge in [-0.1, -0.05) is 30.3 Å². The van der Waals surface area contributed by atoms with Crippen LogP contribution >= 0.6 is 11.8 Å². The first-order valence-electron chi connectivity index (χ1n) is 11.4. The number of primary amides is 2. The SMILES string of the molecule is CSCCC(NC(=O)C(CC(N)=O)NC(=O)C(CCC(N)=O)NC(=O)C(N)Cc1ccccc1)C(=O)O. The molecule has 37 heavy (non-hydrogen) atoms. The van der Waals surface area contributed by atoms with Crippen molar-refractivity contribution in [2.75, 3.05) is 12.0 Å². The van der Waals surface area contributed by atoms with Crippen LogP contribution in [0.1, 0.15) is 31.2 Å². The number of aliphatic carboxylic acids is 1. The van der Waals surface area contributed by atoms with E-state index in [0.29, 0.717) is 5.75 Å². The van der Waals surface area contributed by atoms with Crippen molar-refractivity contribution >= 4 is 47.3 Å². The monoisotopic (exact) mass is 538 g/mol. The van der Waals surface area contributed by atoms with Crippen LogP contribution in [0.15, 0.2) is 30.3 Å². The Labute approximate surface area is 218 Å². The standard InChI is InChI=1S/C23H34N6O7S/c1-37-10-9-16(23(35)36)28-22(34)17(12-19(26)31)29-21(33)15(7-8-18(25)30)27-20(32)14(24)11-13-5-3-2-4-6-13/h2-6,14-17H,7-12,24H2,1H3,(H2,25,30)(H2,26,31)(H,27,32)(H,28,34)(H,29,33)(H,35,36). The summed E-state index contributed by atoms with van der Waals surface area (Å²) in [6.45, 7) is 0. The number of nitrogens with one attached hydrogen (secondary N) is 3. The zero-order chi connectivity index (χ0) is 28.0. The van der Waals surface area contributed by atoms with E-state index in [1.54, 1.807) is 36.6 Å². The molecule has 0 bridgehead atoms. The van der Waals surface area contributed by atoms with Crippen LogP contribution in [0.25, 0.3) is 0 Å². The van der Waals surface area contributed by atoms with Crippen molar-refractivity contribution in [1.82, 2.24) is 16.0 Å². The molecule has 0 aliphatic heterocycles. The number of carbonyl (C=O) groups is 6. The van der Waals surface area contributed by atoms with Gasteiger partial charge in [0.25, 0.3) is 0 Å². The second-order valence-corrected chi connectivity index (χ2v) is 9.26. The van der Waals surface area contributed by atoms with Gasteiger partial charge < -0.3 is 38.3 Å². The van der Waals surface area contributed by atoms with Gasteiger partial charge in [0.1, 0.15) is 18.1 Å². The molecular formula is C23H34N6O7S. The lowest BCUT2D eigenvalue weighted by Gasteiger charge is -2.24. The van der Waals surface area contributed by atoms with Gasteiger partial charge in [-0.2, -0.15) is 11.8 Å². The van der Waals surface area contributed by atoms with Crippen molar-refractivity contribution in [3.8, 4) is 0 Å². The summed E-state index contributed by atoms with van der Waals surface area (Å²) in [4.78, 5) is 72.7. The second-order valence-electron chi connectivity index (χ2n) is 8.27. The van der Waals surface area contributed by atoms with Crippen molar-refractivity contribution < 1.29 is 33.9 Å². The van der Waals surface area contributed by atoms with Crippen molar-refractivity contribution in [2.45, 2.75) is 56.3 Å². The number of amides is 5. The van der Waals surface area contributed by atoms with Crippen LogP contribution in [0.4, 0.5) is 0 Å². The molecule has 0 heterocycles. The first-order valence-corrected chi connectivity index (χ1v) is 12.8. The van der Waals surface area contributed by atoms with Gasteiger partial charge in [0, 0.05) is 6.42 Å². The molecule has 0 aliphatic rings. The minimum absolute atomic E-state index is 0.107. The van der Waals surface area contributed by atoms with Gasteiger partial charge in [-0.05, 0) is 36.8 Å². The average molecular weight is 539 g/mol. The van der Waals surface area contributed by atoms with E-state index < -0.39 is 66.1 Å². The third-order valence-corrected chi connectivity index (χ3v) is 5.86. The Morgan fingerprint density at radius 2 is 1.41 bits per heavy atom. The van der Waals surface area contributed by atoms with Crippen LogP contribution in [0.2, 0.25) is 0 Å². The zero-order valence-electron chi connectivity index (χ0n) is 20.5. The van der Waals surface area contributed by atoms with Crippen LogP contribution in [0.3, 0.4) is 0 Å². The van der Waals surface area contributed by atoms with Crippen LogP contribution in [-0.4, -0.2) is 76.8 Å². The van der Waals surface area contributed by atoms with Crippen LogP contribution in [0.5, 0.6) is 0 Å². The summed E-state index contributed by atoms with van der Waals surface area (Å²) in [5.74, 6) is -5.04. The average Bonchev–Trinajstić information content (AvgIpc) is 2.83. The molecule has 0 saturated carbocycles.